The van der Waals surface area contributed by atoms with Crippen LogP contribution in [0.15, 0.2) is 54.6 Å². The Kier molecular flexibility index (Phi) is 11.9. The average molecular weight is 660 g/mol. The van der Waals surface area contributed by atoms with E-state index in [1.807, 2.05) is 6.07 Å². The minimum atomic E-state index is -1.37. The zero-order valence-corrected chi connectivity index (χ0v) is 27.5. The van der Waals surface area contributed by atoms with Gasteiger partial charge >= 0.3 is 5.97 Å². The summed E-state index contributed by atoms with van der Waals surface area (Å²) in [7, 11) is 2.32. The lowest BCUT2D eigenvalue weighted by atomic mass is 9.99. The first-order chi connectivity index (χ1) is 21.0. The van der Waals surface area contributed by atoms with Crippen molar-refractivity contribution in [2.75, 3.05) is 0 Å². The Morgan fingerprint density at radius 2 is 1.47 bits per heavy atom. The highest BCUT2D eigenvalue weighted by molar-refractivity contribution is 8.77. The molecule has 1 aliphatic heterocycles. The van der Waals surface area contributed by atoms with E-state index in [1.54, 1.807) is 64.1 Å². The second kappa shape index (κ2) is 15.0. The number of carboxylic acid groups (broad SMARTS) is 1. The maximum atomic E-state index is 13.7. The number of nitrogens with two attached hydrogens (primary N) is 1. The monoisotopic (exact) mass is 659 g/mol. The molecular weight excluding hydrogens is 619 g/mol. The van der Waals surface area contributed by atoms with Gasteiger partial charge in [0.05, 0.1) is 10.8 Å². The Morgan fingerprint density at radius 3 is 2.07 bits per heavy atom. The van der Waals surface area contributed by atoms with E-state index in [0.717, 1.165) is 16.4 Å². The number of carboxylic acids is 1. The van der Waals surface area contributed by atoms with E-state index in [0.29, 0.717) is 5.56 Å². The van der Waals surface area contributed by atoms with Crippen molar-refractivity contribution >= 4 is 51.2 Å². The van der Waals surface area contributed by atoms with Gasteiger partial charge in [0.15, 0.2) is 0 Å². The van der Waals surface area contributed by atoms with Crippen LogP contribution in [0, 0.1) is 0 Å². The summed E-state index contributed by atoms with van der Waals surface area (Å²) >= 11 is 0. The summed E-state index contributed by atoms with van der Waals surface area (Å²) in [4.78, 5) is 66.2. The fraction of sp³-hybridized carbons (Fsp3) is 0.452. The molecule has 2 aromatic rings. The van der Waals surface area contributed by atoms with Crippen molar-refractivity contribution in [2.24, 2.45) is 5.73 Å². The van der Waals surface area contributed by atoms with Crippen LogP contribution in [-0.4, -0.2) is 79.5 Å². The van der Waals surface area contributed by atoms with Gasteiger partial charge in [-0.15, -0.1) is 0 Å². The second-order valence-corrected chi connectivity index (χ2v) is 15.5. The maximum Gasteiger partial charge on any atom is 0.327 e. The molecule has 0 saturated carbocycles. The van der Waals surface area contributed by atoms with Crippen LogP contribution in [0.25, 0.3) is 0 Å². The molecule has 0 unspecified atom stereocenters. The van der Waals surface area contributed by atoms with Crippen molar-refractivity contribution in [3.8, 4) is 5.75 Å². The van der Waals surface area contributed by atoms with Gasteiger partial charge in [-0.3, -0.25) is 19.2 Å². The summed E-state index contributed by atoms with van der Waals surface area (Å²) < 4.78 is -2.16. The molecule has 0 aromatic heterocycles. The number of nitrogens with one attached hydrogen (secondary N) is 4. The predicted molar refractivity (Wildman–Crippen MR) is 174 cm³/mol. The molecule has 0 spiro atoms. The van der Waals surface area contributed by atoms with E-state index >= 15 is 0 Å². The molecule has 8 N–H and O–H groups in total. The number of amides is 4. The van der Waals surface area contributed by atoms with Gasteiger partial charge in [-0.1, -0.05) is 64.1 Å². The minimum absolute atomic E-state index is 0.0709. The fourth-order valence-electron chi connectivity index (χ4n) is 4.59. The van der Waals surface area contributed by atoms with Crippen LogP contribution >= 0.6 is 21.6 Å². The summed E-state index contributed by atoms with van der Waals surface area (Å²) in [5.74, 6) is -3.82. The number of carbonyl (C=O) groups is 5. The highest BCUT2D eigenvalue weighted by atomic mass is 33.1. The molecule has 1 fully saturated rings. The van der Waals surface area contributed by atoms with Gasteiger partial charge in [-0.2, -0.15) is 0 Å². The van der Waals surface area contributed by atoms with Gasteiger partial charge in [0, 0.05) is 11.2 Å². The molecule has 0 radical (unpaired) electrons. The molecule has 4 amide bonds. The van der Waals surface area contributed by atoms with Crippen LogP contribution in [0.5, 0.6) is 5.75 Å². The SMILES string of the molecule is C[C@@H]1NC(=O)[C@H](NC(=O)[C@@H](N)Cc2ccc(O)cc2)C(C)(C)SSC(C)(C)[C@H](C(=O)O)NC(=O)[C@H](Cc2ccccc2)NC1=O. The summed E-state index contributed by atoms with van der Waals surface area (Å²) in [5.41, 5.74) is 7.63. The molecule has 1 saturated heterocycles. The number of phenolic OH excluding ortho intramolecular Hbond substituents is 1. The van der Waals surface area contributed by atoms with E-state index in [9.17, 15) is 34.2 Å². The van der Waals surface area contributed by atoms with E-state index in [4.69, 9.17) is 5.73 Å². The van der Waals surface area contributed by atoms with Gasteiger partial charge in [0.2, 0.25) is 23.6 Å². The van der Waals surface area contributed by atoms with Gasteiger partial charge in [0.1, 0.15) is 29.9 Å². The molecule has 0 aliphatic carbocycles. The third-order valence-corrected chi connectivity index (χ3v) is 11.6. The Balaban J connectivity index is 1.93. The first-order valence-electron chi connectivity index (χ1n) is 14.4. The van der Waals surface area contributed by atoms with Crippen LogP contribution < -0.4 is 27.0 Å². The number of phenols is 1. The zero-order valence-electron chi connectivity index (χ0n) is 25.8. The van der Waals surface area contributed by atoms with Crippen LogP contribution in [0.1, 0.15) is 45.7 Å². The highest BCUT2D eigenvalue weighted by Gasteiger charge is 2.45. The first-order valence-corrected chi connectivity index (χ1v) is 16.5. The highest BCUT2D eigenvalue weighted by Crippen LogP contribution is 2.46. The maximum absolute atomic E-state index is 13.7. The van der Waals surface area contributed by atoms with Crippen molar-refractivity contribution in [2.45, 2.75) is 87.2 Å². The molecule has 2 aromatic carbocycles. The number of hydrogen-bond donors (Lipinski definition) is 7. The van der Waals surface area contributed by atoms with Crippen LogP contribution in [0.4, 0.5) is 0 Å². The number of hydrogen-bond acceptors (Lipinski definition) is 9. The van der Waals surface area contributed by atoms with Crippen molar-refractivity contribution in [3.63, 3.8) is 0 Å². The van der Waals surface area contributed by atoms with Crippen LogP contribution in [0.3, 0.4) is 0 Å². The third-order valence-electron chi connectivity index (χ3n) is 7.34. The van der Waals surface area contributed by atoms with Gasteiger partial charge < -0.3 is 37.2 Å². The summed E-state index contributed by atoms with van der Waals surface area (Å²) in [6, 6.07) is 9.32. The van der Waals surface area contributed by atoms with Crippen LogP contribution in [-0.2, 0) is 36.8 Å². The molecule has 244 valence electrons. The smallest absolute Gasteiger partial charge is 0.327 e. The summed E-state index contributed by atoms with van der Waals surface area (Å²) in [5, 5.41) is 30.3. The van der Waals surface area contributed by atoms with E-state index < -0.39 is 69.3 Å². The second-order valence-electron chi connectivity index (χ2n) is 12.1. The van der Waals surface area contributed by atoms with Gasteiger partial charge in [-0.05, 0) is 64.3 Å². The molecular formula is C31H41N5O7S2. The average Bonchev–Trinajstić information content (AvgIpc) is 2.97. The lowest BCUT2D eigenvalue weighted by molar-refractivity contribution is -0.143. The van der Waals surface area contributed by atoms with Crippen molar-refractivity contribution in [1.29, 1.82) is 0 Å². The molecule has 12 nitrogen and oxygen atoms in total. The standard InChI is InChI=1S/C31H41N5O7S2/c1-17-25(38)34-22(16-18-9-7-6-8-10-18)27(40)36-24(29(42)43)31(4,5)45-44-30(2,3)23(28(41)33-17)35-26(39)21(32)15-19-11-13-20(37)14-12-19/h6-14,17,21-24,37H,15-16,32H2,1-5H3,(H,33,41)(H,34,38)(H,35,39)(H,36,40)(H,42,43)/t17-,21-,22-,23-,24-/m0/s1. The fourth-order valence-corrected chi connectivity index (χ4v) is 7.40. The molecule has 3 rings (SSSR count). The Labute approximate surface area is 270 Å². The quantitative estimate of drug-likeness (QED) is 0.214. The van der Waals surface area contributed by atoms with Crippen molar-refractivity contribution in [3.05, 3.63) is 65.7 Å². The molecule has 1 heterocycles. The lowest BCUT2D eigenvalue weighted by Crippen LogP contribution is -2.63. The molecule has 5 atom stereocenters. The molecule has 45 heavy (non-hydrogen) atoms. The normalized spacial score (nSPS) is 24.6. The van der Waals surface area contributed by atoms with E-state index in [-0.39, 0.29) is 18.6 Å². The number of benzene rings is 2. The topological polar surface area (TPSA) is 200 Å². The summed E-state index contributed by atoms with van der Waals surface area (Å²) in [6.07, 6.45) is 0.218. The molecule has 0 bridgehead atoms. The van der Waals surface area contributed by atoms with E-state index in [2.05, 4.69) is 21.3 Å². The van der Waals surface area contributed by atoms with Gasteiger partial charge in [0.25, 0.3) is 0 Å². The number of rotatable bonds is 7. The number of aliphatic carboxylic acids is 1. The Morgan fingerprint density at radius 1 is 0.867 bits per heavy atom. The summed E-state index contributed by atoms with van der Waals surface area (Å²) in [6.45, 7) is 8.17. The largest absolute Gasteiger partial charge is 0.508 e. The number of aromatic hydroxyl groups is 1. The zero-order chi connectivity index (χ0) is 33.5. The minimum Gasteiger partial charge on any atom is -0.508 e. The molecule has 14 heteroatoms. The van der Waals surface area contributed by atoms with Crippen molar-refractivity contribution < 1.29 is 34.2 Å². The Bertz CT molecular complexity index is 1390. The third kappa shape index (κ3) is 9.87. The predicted octanol–water partition coefficient (Wildman–Crippen LogP) is 1.50. The first kappa shape index (κ1) is 35.7. The van der Waals surface area contributed by atoms with Crippen LogP contribution in [0.2, 0.25) is 0 Å². The van der Waals surface area contributed by atoms with E-state index in [1.165, 1.54) is 29.9 Å². The van der Waals surface area contributed by atoms with Gasteiger partial charge in [-0.25, -0.2) is 4.79 Å². The Hall–Kier alpha value is -3.75. The molecule has 1 aliphatic rings. The number of carbonyl (C=O) groups excluding carboxylic acids is 4. The van der Waals surface area contributed by atoms with Crippen molar-refractivity contribution in [1.82, 2.24) is 21.3 Å². The lowest BCUT2D eigenvalue weighted by Gasteiger charge is -2.38.